The standard InChI is InChI=1S/C10H7N3O2/c11-10-8(7-4-12-5-15-7)9-6(3-13-10)1-2-14-9/h1-5H,(H2,11,13). The van der Waals surface area contributed by atoms with E-state index in [4.69, 9.17) is 14.6 Å². The molecule has 3 aromatic heterocycles. The number of rotatable bonds is 1. The second-order valence-electron chi connectivity index (χ2n) is 3.09. The Kier molecular flexibility index (Phi) is 1.53. The normalized spacial score (nSPS) is 10.9. The Morgan fingerprint density at radius 2 is 2.13 bits per heavy atom. The summed E-state index contributed by atoms with van der Waals surface area (Å²) < 4.78 is 10.5. The van der Waals surface area contributed by atoms with Gasteiger partial charge in [-0.3, -0.25) is 0 Å². The van der Waals surface area contributed by atoms with Crippen LogP contribution in [0.2, 0.25) is 0 Å². The first-order valence-electron chi connectivity index (χ1n) is 4.37. The van der Waals surface area contributed by atoms with Gasteiger partial charge in [0.15, 0.2) is 12.2 Å². The maximum atomic E-state index is 5.78. The summed E-state index contributed by atoms with van der Waals surface area (Å²) in [5.41, 5.74) is 7.09. The number of aromatic nitrogens is 2. The minimum absolute atomic E-state index is 0.370. The van der Waals surface area contributed by atoms with Crippen LogP contribution in [0.4, 0.5) is 5.82 Å². The number of oxazole rings is 1. The predicted molar refractivity (Wildman–Crippen MR) is 53.9 cm³/mol. The Morgan fingerprint density at radius 1 is 1.20 bits per heavy atom. The van der Waals surface area contributed by atoms with Gasteiger partial charge in [0, 0.05) is 11.6 Å². The number of nitrogens with zero attached hydrogens (tertiary/aromatic N) is 2. The van der Waals surface area contributed by atoms with Gasteiger partial charge in [-0.2, -0.15) is 0 Å². The fourth-order valence-corrected chi connectivity index (χ4v) is 1.52. The predicted octanol–water partition coefficient (Wildman–Crippen LogP) is 2.06. The molecule has 3 heterocycles. The van der Waals surface area contributed by atoms with Gasteiger partial charge in [-0.25, -0.2) is 9.97 Å². The van der Waals surface area contributed by atoms with Crippen molar-refractivity contribution in [3.63, 3.8) is 0 Å². The Labute approximate surface area is 84.5 Å². The number of hydrogen-bond donors (Lipinski definition) is 1. The lowest BCUT2D eigenvalue weighted by molar-refractivity contribution is 0.568. The molecule has 5 heteroatoms. The van der Waals surface area contributed by atoms with E-state index in [0.717, 1.165) is 5.39 Å². The number of anilines is 1. The Bertz CT molecular complexity index is 598. The number of furan rings is 1. The molecule has 0 saturated heterocycles. The molecular weight excluding hydrogens is 194 g/mol. The van der Waals surface area contributed by atoms with Crippen LogP contribution in [-0.2, 0) is 0 Å². The zero-order chi connectivity index (χ0) is 10.3. The van der Waals surface area contributed by atoms with Gasteiger partial charge < -0.3 is 14.6 Å². The summed E-state index contributed by atoms with van der Waals surface area (Å²) in [4.78, 5) is 7.90. The van der Waals surface area contributed by atoms with Crippen LogP contribution in [0.5, 0.6) is 0 Å². The van der Waals surface area contributed by atoms with Crippen LogP contribution in [0.15, 0.2) is 40.0 Å². The van der Waals surface area contributed by atoms with E-state index in [1.165, 1.54) is 6.39 Å². The van der Waals surface area contributed by atoms with Gasteiger partial charge in [0.1, 0.15) is 17.0 Å². The number of nitrogen functional groups attached to an aromatic ring is 1. The van der Waals surface area contributed by atoms with Crippen molar-refractivity contribution in [3.8, 4) is 11.3 Å². The van der Waals surface area contributed by atoms with E-state index >= 15 is 0 Å². The molecule has 74 valence electrons. The van der Waals surface area contributed by atoms with Crippen molar-refractivity contribution in [2.45, 2.75) is 0 Å². The Hall–Kier alpha value is -2.30. The highest BCUT2D eigenvalue weighted by Crippen LogP contribution is 2.32. The van der Waals surface area contributed by atoms with Crippen LogP contribution in [0, 0.1) is 0 Å². The van der Waals surface area contributed by atoms with Crippen LogP contribution >= 0.6 is 0 Å². The van der Waals surface area contributed by atoms with Crippen LogP contribution in [0.25, 0.3) is 22.3 Å². The van der Waals surface area contributed by atoms with Gasteiger partial charge >= 0.3 is 0 Å². The third-order valence-corrected chi connectivity index (χ3v) is 2.20. The van der Waals surface area contributed by atoms with E-state index in [0.29, 0.717) is 22.7 Å². The second-order valence-corrected chi connectivity index (χ2v) is 3.09. The molecule has 0 saturated carbocycles. The fourth-order valence-electron chi connectivity index (χ4n) is 1.52. The molecule has 3 aromatic rings. The van der Waals surface area contributed by atoms with Gasteiger partial charge in [0.25, 0.3) is 0 Å². The molecule has 0 radical (unpaired) electrons. The van der Waals surface area contributed by atoms with Crippen LogP contribution < -0.4 is 5.73 Å². The number of nitrogens with two attached hydrogens (primary N) is 1. The number of pyridine rings is 1. The van der Waals surface area contributed by atoms with E-state index in [9.17, 15) is 0 Å². The van der Waals surface area contributed by atoms with Crippen LogP contribution in [-0.4, -0.2) is 9.97 Å². The highest BCUT2D eigenvalue weighted by Gasteiger charge is 2.14. The molecule has 3 rings (SSSR count). The first kappa shape index (κ1) is 8.05. The van der Waals surface area contributed by atoms with Crippen LogP contribution in [0.1, 0.15) is 0 Å². The average molecular weight is 201 g/mol. The molecule has 0 aromatic carbocycles. The SMILES string of the molecule is Nc1ncc2ccoc2c1-c1cnco1. The summed E-state index contributed by atoms with van der Waals surface area (Å²) in [6.45, 7) is 0. The van der Waals surface area contributed by atoms with Gasteiger partial charge in [-0.15, -0.1) is 0 Å². The van der Waals surface area contributed by atoms with Gasteiger partial charge in [-0.05, 0) is 6.07 Å². The first-order valence-corrected chi connectivity index (χ1v) is 4.37. The van der Waals surface area contributed by atoms with Crippen LogP contribution in [0.3, 0.4) is 0 Å². The zero-order valence-electron chi connectivity index (χ0n) is 7.68. The third kappa shape index (κ3) is 1.10. The molecule has 0 aliphatic heterocycles. The number of hydrogen-bond acceptors (Lipinski definition) is 5. The molecule has 0 spiro atoms. The molecule has 0 amide bonds. The molecule has 0 aliphatic carbocycles. The lowest BCUT2D eigenvalue weighted by Gasteiger charge is -2.00. The summed E-state index contributed by atoms with van der Waals surface area (Å²) in [5, 5.41) is 0.885. The quantitative estimate of drug-likeness (QED) is 0.651. The summed E-state index contributed by atoms with van der Waals surface area (Å²) >= 11 is 0. The summed E-state index contributed by atoms with van der Waals surface area (Å²) in [6, 6.07) is 1.82. The highest BCUT2D eigenvalue weighted by atomic mass is 16.3. The summed E-state index contributed by atoms with van der Waals surface area (Å²) in [5.74, 6) is 0.926. The smallest absolute Gasteiger partial charge is 0.181 e. The molecule has 15 heavy (non-hydrogen) atoms. The Morgan fingerprint density at radius 3 is 2.93 bits per heavy atom. The van der Waals surface area contributed by atoms with Gasteiger partial charge in [0.2, 0.25) is 0 Å². The first-order chi connectivity index (χ1) is 7.36. The lowest BCUT2D eigenvalue weighted by Crippen LogP contribution is -1.93. The van der Waals surface area contributed by atoms with E-state index in [1.54, 1.807) is 18.7 Å². The molecule has 0 atom stereocenters. The largest absolute Gasteiger partial charge is 0.463 e. The minimum atomic E-state index is 0.370. The average Bonchev–Trinajstić information content (AvgIpc) is 2.85. The highest BCUT2D eigenvalue weighted by molar-refractivity contribution is 5.95. The maximum Gasteiger partial charge on any atom is 0.181 e. The lowest BCUT2D eigenvalue weighted by atomic mass is 10.2. The van der Waals surface area contributed by atoms with Crippen molar-refractivity contribution < 1.29 is 8.83 Å². The maximum absolute atomic E-state index is 5.78. The molecule has 5 nitrogen and oxygen atoms in total. The molecule has 0 fully saturated rings. The minimum Gasteiger partial charge on any atom is -0.463 e. The number of fused-ring (bicyclic) bond motifs is 1. The Balaban J connectivity index is 2.41. The third-order valence-electron chi connectivity index (χ3n) is 2.20. The van der Waals surface area contributed by atoms with Crippen molar-refractivity contribution in [2.75, 3.05) is 5.73 Å². The topological polar surface area (TPSA) is 78.1 Å². The van der Waals surface area contributed by atoms with Crippen molar-refractivity contribution >= 4 is 16.8 Å². The summed E-state index contributed by atoms with van der Waals surface area (Å²) in [6.07, 6.45) is 6.17. The van der Waals surface area contributed by atoms with E-state index in [-0.39, 0.29) is 0 Å². The molecule has 0 aliphatic rings. The van der Waals surface area contributed by atoms with Crippen molar-refractivity contribution in [1.29, 1.82) is 0 Å². The van der Waals surface area contributed by atoms with E-state index < -0.39 is 0 Å². The molecular formula is C10H7N3O2. The van der Waals surface area contributed by atoms with Crippen molar-refractivity contribution in [3.05, 3.63) is 31.1 Å². The second kappa shape index (κ2) is 2.84. The van der Waals surface area contributed by atoms with E-state index in [2.05, 4.69) is 9.97 Å². The van der Waals surface area contributed by atoms with Gasteiger partial charge in [-0.1, -0.05) is 0 Å². The van der Waals surface area contributed by atoms with Crippen molar-refractivity contribution in [2.24, 2.45) is 0 Å². The van der Waals surface area contributed by atoms with E-state index in [1.807, 2.05) is 6.07 Å². The monoisotopic (exact) mass is 201 g/mol. The fraction of sp³-hybridized carbons (Fsp3) is 0. The summed E-state index contributed by atoms with van der Waals surface area (Å²) in [7, 11) is 0. The molecule has 2 N–H and O–H groups in total. The zero-order valence-corrected chi connectivity index (χ0v) is 7.68. The molecule has 0 unspecified atom stereocenters. The molecule has 0 bridgehead atoms. The van der Waals surface area contributed by atoms with Crippen molar-refractivity contribution in [1.82, 2.24) is 9.97 Å². The van der Waals surface area contributed by atoms with Gasteiger partial charge in [0.05, 0.1) is 12.5 Å².